The molecule has 13 aliphatic heterocycles. The van der Waals surface area contributed by atoms with Crippen molar-refractivity contribution in [1.82, 2.24) is 63.7 Å². The Bertz CT molecular complexity index is 2940. The van der Waals surface area contributed by atoms with E-state index in [4.69, 9.17) is 5.11 Å². The van der Waals surface area contributed by atoms with Gasteiger partial charge >= 0.3 is 0 Å². The molecule has 0 amide bonds. The molecular weight excluding hydrogens is 1600 g/mol. The van der Waals surface area contributed by atoms with Crippen molar-refractivity contribution in [1.29, 1.82) is 0 Å². The van der Waals surface area contributed by atoms with Gasteiger partial charge in [-0.3, -0.25) is 68.5 Å². The molecule has 0 aromatic carbocycles. The molecule has 4 unspecified atom stereocenters. The normalized spacial score (nSPS) is 25.6. The number of carbonyl (C=O) groups excluding carboxylic acids is 1. The molecule has 13 aliphatic rings. The van der Waals surface area contributed by atoms with Crippen LogP contribution < -0.4 is 0 Å². The second-order valence-corrected chi connectivity index (χ2v) is 57.1. The van der Waals surface area contributed by atoms with Crippen LogP contribution in [0.2, 0.25) is 0 Å². The van der Waals surface area contributed by atoms with Gasteiger partial charge in [0, 0.05) is 163 Å². The Balaban J connectivity index is 0.000000705. The molecule has 0 radical (unpaired) electrons. The van der Waals surface area contributed by atoms with Crippen molar-refractivity contribution >= 4 is 5.78 Å². The number of aliphatic hydroxyl groups is 3. The smallest absolute Gasteiger partial charge is 0.146 e. The van der Waals surface area contributed by atoms with Gasteiger partial charge in [-0.15, -0.1) is 0 Å². The second kappa shape index (κ2) is 53.0. The molecule has 0 bridgehead atoms. The van der Waals surface area contributed by atoms with E-state index in [0.29, 0.717) is 85.7 Å². The summed E-state index contributed by atoms with van der Waals surface area (Å²) in [6, 6.07) is 0.412. The molecule has 17 nitrogen and oxygen atoms in total. The standard InChI is InChI=1S/C11H23N.C10H21N.2C9H19NO.C9H17NO.2C9H19N.C8H17NO.3C8H17N.C8H15N.C7H15N/c1-10(2,3)12-8-6-11(4,5)7-9-12;1-9(2,3)11-7-6-10(4,5)8-11;1-9(2,3)10-6-4-5-8(10)7-11;2*1-9(2,3)10-6-4-5-8(11)7-10;2*1-8-5-6-10(7-8)9(2,3)4;1-7(2,3)9-5-8(4,10)6-9;2*1-7-5-9(6-7)8(2,3)4;2*1-8(2,3)9-6-4-5-7-9;1-7(2,3)8-5-4-6-8/h6-9H2,1-5H3;6-8H2,1-5H3;2*8,11H,4-7H2,1-3H3;4-7H2,1-3H3;2*8H,5-7H2,1-4H3;10H,5-6H2,1-4H3;2*7H,5-6H2,1-4H3;4-7H2,1-3H3;4-5H,6-7H2,1-3H3;4-6H2,1-3H3. The van der Waals surface area contributed by atoms with E-state index in [1.54, 1.807) is 0 Å². The predicted octanol–water partition coefficient (Wildman–Crippen LogP) is 23.0. The Kier molecular flexibility index (Phi) is 51.7. The quantitative estimate of drug-likeness (QED) is 0.216. The zero-order valence-corrected chi connectivity index (χ0v) is 97.0. The van der Waals surface area contributed by atoms with Crippen LogP contribution in [-0.2, 0) is 4.79 Å². The highest BCUT2D eigenvalue weighted by atomic mass is 16.3. The summed E-state index contributed by atoms with van der Waals surface area (Å²) in [5, 5.41) is 27.9. The minimum atomic E-state index is -0.423. The fraction of sp³-hybridized carbons (Fsp3) is 0.973. The fourth-order valence-electron chi connectivity index (χ4n) is 18.6. The molecule has 4 atom stereocenters. The van der Waals surface area contributed by atoms with Crippen molar-refractivity contribution < 1.29 is 20.1 Å². The van der Waals surface area contributed by atoms with Crippen LogP contribution in [0.3, 0.4) is 0 Å². The largest absolute Gasteiger partial charge is 0.395 e. The van der Waals surface area contributed by atoms with E-state index in [9.17, 15) is 15.0 Å². The van der Waals surface area contributed by atoms with Crippen LogP contribution in [0, 0.1) is 34.5 Å². The topological polar surface area (TPSA) is 120 Å². The van der Waals surface area contributed by atoms with Crippen molar-refractivity contribution in [3.63, 3.8) is 0 Å². The Labute approximate surface area is 813 Å². The molecule has 0 aliphatic carbocycles. The Morgan fingerprint density at radius 1 is 0.292 bits per heavy atom. The van der Waals surface area contributed by atoms with E-state index in [-0.39, 0.29) is 28.3 Å². The average molecular weight is 1840 g/mol. The van der Waals surface area contributed by atoms with Crippen LogP contribution in [0.4, 0.5) is 0 Å². The first-order valence-corrected chi connectivity index (χ1v) is 53.3. The summed E-state index contributed by atoms with van der Waals surface area (Å²) in [5.41, 5.74) is 5.09. The third-order valence-electron chi connectivity index (χ3n) is 29.1. The van der Waals surface area contributed by atoms with Gasteiger partial charge in [-0.2, -0.15) is 0 Å². The molecular formula is C113H235N13O4. The Hall–Kier alpha value is -1.23. The monoisotopic (exact) mass is 1840 g/mol. The fourth-order valence-corrected chi connectivity index (χ4v) is 18.6. The van der Waals surface area contributed by atoms with Gasteiger partial charge in [0.15, 0.2) is 0 Å². The maximum atomic E-state index is 11.1. The maximum Gasteiger partial charge on any atom is 0.146 e. The minimum absolute atomic E-state index is 0.0945. The molecule has 13 heterocycles. The number of Topliss-reactive ketones (excluding diaryl/α,β-unsaturated/α-hetero) is 1. The first kappa shape index (κ1) is 127. The molecule has 13 rings (SSSR count). The molecule has 776 valence electrons. The van der Waals surface area contributed by atoms with Crippen molar-refractivity contribution in [2.24, 2.45) is 34.5 Å². The van der Waals surface area contributed by atoms with E-state index in [0.717, 1.165) is 108 Å². The van der Waals surface area contributed by atoms with Crippen molar-refractivity contribution in [2.45, 2.75) is 512 Å². The highest BCUT2D eigenvalue weighted by Gasteiger charge is 2.43. The Morgan fingerprint density at radius 2 is 0.592 bits per heavy atom. The highest BCUT2D eigenvalue weighted by molar-refractivity contribution is 5.81. The van der Waals surface area contributed by atoms with Crippen LogP contribution in [0.1, 0.15) is 422 Å². The van der Waals surface area contributed by atoms with Crippen LogP contribution >= 0.6 is 0 Å². The molecule has 0 aromatic heterocycles. The number of nitrogens with zero attached hydrogens (tertiary/aromatic N) is 13. The lowest BCUT2D eigenvalue weighted by atomic mass is 9.81. The van der Waals surface area contributed by atoms with E-state index >= 15 is 0 Å². The first-order valence-electron chi connectivity index (χ1n) is 53.3. The molecule has 0 saturated carbocycles. The SMILES string of the molecule is CC(C)(C)N1CC=CC1.CC(C)(C)N1CCC1.CC(C)(C)N1CCCC(=O)C1.CC(C)(C)N1CCCC(O)C1.CC(C)(C)N1CCCC1.CC(C)(C)N1CCCC1CO.CC1(C)CCN(C(C)(C)C)C1.CC1(C)CCN(C(C)(C)C)CC1.CC1(O)CN(C(C)(C)C)C1.CC1CCN(C(C)(C)C)C1.CC1CCN(C(C)(C)C)C1.CC1CN(C(C)(C)C)C1.CC1CN(C(C)(C)C)C1. The number of likely N-dealkylation sites (tertiary alicyclic amines) is 12. The predicted molar refractivity (Wildman–Crippen MR) is 573 cm³/mol. The lowest BCUT2D eigenvalue weighted by molar-refractivity contribution is -0.123. The molecule has 130 heavy (non-hydrogen) atoms. The van der Waals surface area contributed by atoms with Gasteiger partial charge in [-0.25, -0.2) is 0 Å². The summed E-state index contributed by atoms with van der Waals surface area (Å²) in [6.45, 7) is 138. The molecule has 3 N–H and O–H groups in total. The van der Waals surface area contributed by atoms with E-state index in [2.05, 4.69) is 401 Å². The van der Waals surface area contributed by atoms with Crippen LogP contribution in [0.5, 0.6) is 0 Å². The first-order chi connectivity index (χ1) is 58.3. The third kappa shape index (κ3) is 52.3. The van der Waals surface area contributed by atoms with Gasteiger partial charge in [0.2, 0.25) is 0 Å². The van der Waals surface area contributed by atoms with Crippen LogP contribution in [0.15, 0.2) is 12.2 Å². The number of ketones is 1. The maximum absolute atomic E-state index is 11.1. The van der Waals surface area contributed by atoms with E-state index in [1.165, 1.54) is 163 Å². The van der Waals surface area contributed by atoms with Crippen molar-refractivity contribution in [2.75, 3.05) is 170 Å². The number of rotatable bonds is 1. The van der Waals surface area contributed by atoms with Crippen LogP contribution in [0.25, 0.3) is 0 Å². The lowest BCUT2D eigenvalue weighted by Gasteiger charge is -2.51. The number of aliphatic hydroxyl groups excluding tert-OH is 2. The summed E-state index contributed by atoms with van der Waals surface area (Å²) < 4.78 is 0. The Morgan fingerprint density at radius 3 is 0.792 bits per heavy atom. The molecule has 17 heteroatoms. The highest BCUT2D eigenvalue weighted by Crippen LogP contribution is 2.37. The van der Waals surface area contributed by atoms with Crippen molar-refractivity contribution in [3.8, 4) is 0 Å². The summed E-state index contributed by atoms with van der Waals surface area (Å²) >= 11 is 0. The zero-order valence-electron chi connectivity index (χ0n) is 97.0. The summed E-state index contributed by atoms with van der Waals surface area (Å²) in [4.78, 5) is 43.2. The molecule has 0 spiro atoms. The number of hydrogen-bond acceptors (Lipinski definition) is 17. The van der Waals surface area contributed by atoms with Gasteiger partial charge in [0.05, 0.1) is 24.9 Å². The van der Waals surface area contributed by atoms with Gasteiger partial charge < -0.3 is 15.3 Å². The lowest BCUT2D eigenvalue weighted by Crippen LogP contribution is -2.65. The molecule has 12 saturated heterocycles. The van der Waals surface area contributed by atoms with E-state index in [1.807, 2.05) is 6.92 Å². The molecule has 12 fully saturated rings. The number of β-amino-alcohol motifs (C(OH)–C–C–N with tert-alkyl or cyclic N) is 2. The summed E-state index contributed by atoms with van der Waals surface area (Å²) in [6.07, 6.45) is 21.7. The van der Waals surface area contributed by atoms with Gasteiger partial charge in [-0.1, -0.05) is 67.5 Å². The number of piperidine rings is 3. The number of hydrogen-bond donors (Lipinski definition) is 3. The van der Waals surface area contributed by atoms with Gasteiger partial charge in [-0.05, 0) is 473 Å². The second-order valence-electron chi connectivity index (χ2n) is 57.1. The average Bonchev–Trinajstić information content (AvgIpc) is 1.03. The van der Waals surface area contributed by atoms with Gasteiger partial charge in [0.25, 0.3) is 0 Å². The zero-order chi connectivity index (χ0) is 101. The van der Waals surface area contributed by atoms with Crippen molar-refractivity contribution in [3.05, 3.63) is 12.2 Å². The minimum Gasteiger partial charge on any atom is -0.395 e. The summed E-state index contributed by atoms with van der Waals surface area (Å²) in [5.74, 6) is 4.10. The van der Waals surface area contributed by atoms with Crippen LogP contribution in [-0.4, -0.2) is 345 Å². The third-order valence-corrected chi connectivity index (χ3v) is 29.1. The number of carbonyl (C=O) groups is 1. The van der Waals surface area contributed by atoms with E-state index < -0.39 is 5.60 Å². The summed E-state index contributed by atoms with van der Waals surface area (Å²) in [7, 11) is 0. The van der Waals surface area contributed by atoms with Gasteiger partial charge in [0.1, 0.15) is 5.78 Å². The molecule has 0 aromatic rings.